The lowest BCUT2D eigenvalue weighted by atomic mass is 10.1. The highest BCUT2D eigenvalue weighted by atomic mass is 31.0. The Hall–Kier alpha value is -2.09. The minimum atomic E-state index is -0.303. The normalized spacial score (nSPS) is 10.0. The fourth-order valence-electron chi connectivity index (χ4n) is 2.08. The summed E-state index contributed by atoms with van der Waals surface area (Å²) in [5.41, 5.74) is 2.87. The second-order valence-corrected chi connectivity index (χ2v) is 5.87. The average Bonchev–Trinajstić information content (AvgIpc) is 2.53. The zero-order chi connectivity index (χ0) is 17.0. The number of benzene rings is 2. The number of amides is 1. The topological polar surface area (TPSA) is 70.6 Å². The summed E-state index contributed by atoms with van der Waals surface area (Å²) in [6, 6.07) is 10.4. The maximum Gasteiger partial charge on any atom is 0.255 e. The highest BCUT2D eigenvalue weighted by Crippen LogP contribution is 2.21. The number of nitrogens with one attached hydrogen (secondary N) is 2. The van der Waals surface area contributed by atoms with Crippen molar-refractivity contribution in [2.45, 2.75) is 6.92 Å². The van der Waals surface area contributed by atoms with Crippen LogP contribution in [-0.2, 0) is 0 Å². The molecule has 0 saturated carbocycles. The predicted molar refractivity (Wildman–Crippen MR) is 100 cm³/mol. The molecular formula is C16H17N3O2P2. The van der Waals surface area contributed by atoms with Crippen molar-refractivity contribution >= 4 is 52.3 Å². The van der Waals surface area contributed by atoms with Crippen LogP contribution in [0.2, 0.25) is 0 Å². The van der Waals surface area contributed by atoms with Gasteiger partial charge in [-0.15, -0.1) is 9.24 Å². The van der Waals surface area contributed by atoms with Gasteiger partial charge in [0.15, 0.2) is 5.78 Å². The van der Waals surface area contributed by atoms with Crippen LogP contribution < -0.4 is 15.9 Å². The Labute approximate surface area is 139 Å². The van der Waals surface area contributed by atoms with Crippen molar-refractivity contribution in [3.63, 3.8) is 0 Å². The summed E-state index contributed by atoms with van der Waals surface area (Å²) in [6.45, 7) is 1.45. The largest absolute Gasteiger partial charge is 0.388 e. The summed E-state index contributed by atoms with van der Waals surface area (Å²) in [4.78, 5) is 24.0. The van der Waals surface area contributed by atoms with Gasteiger partial charge in [-0.3, -0.25) is 9.59 Å². The van der Waals surface area contributed by atoms with Crippen LogP contribution in [0.4, 0.5) is 17.1 Å². The van der Waals surface area contributed by atoms with Crippen molar-refractivity contribution in [2.75, 3.05) is 17.7 Å². The van der Waals surface area contributed by atoms with Gasteiger partial charge in [0.05, 0.1) is 5.69 Å². The van der Waals surface area contributed by atoms with Crippen molar-refractivity contribution in [1.29, 1.82) is 0 Å². The number of nitrogens with zero attached hydrogens (tertiary/aromatic N) is 1. The molecule has 23 heavy (non-hydrogen) atoms. The summed E-state index contributed by atoms with van der Waals surface area (Å²) >= 11 is 0. The first-order valence-electron chi connectivity index (χ1n) is 6.86. The molecule has 118 valence electrons. The summed E-state index contributed by atoms with van der Waals surface area (Å²) in [6.07, 6.45) is 0. The third-order valence-corrected chi connectivity index (χ3v) is 3.81. The molecule has 0 aliphatic carbocycles. The van der Waals surface area contributed by atoms with Gasteiger partial charge in [0, 0.05) is 29.5 Å². The molecule has 2 aromatic carbocycles. The molecule has 5 nitrogen and oxygen atoms in total. The molecular weight excluding hydrogens is 328 g/mol. The number of hydrogen-bond acceptors (Lipinski definition) is 4. The van der Waals surface area contributed by atoms with Gasteiger partial charge in [-0.05, 0) is 57.7 Å². The van der Waals surface area contributed by atoms with E-state index in [0.717, 1.165) is 11.0 Å². The molecule has 7 heteroatoms. The number of anilines is 2. The minimum absolute atomic E-state index is 0.124. The number of hydrogen-bond donors (Lipinski definition) is 2. The van der Waals surface area contributed by atoms with E-state index >= 15 is 0 Å². The van der Waals surface area contributed by atoms with Crippen molar-refractivity contribution in [3.05, 3.63) is 47.5 Å². The standard InChI is InChI=1S/C16H17N3O2P2/c1-9(20)10-3-11(5-14(4-10)19-23)16(21)18-13-6-12(17-2)7-15(22)8-13/h3-8,17,23H,22H2,1-2H3,(H,18,21). The molecule has 0 aliphatic heterocycles. The molecule has 0 radical (unpaired) electrons. The molecule has 0 bridgehead atoms. The first-order valence-corrected chi connectivity index (χ1v) is 7.88. The fraction of sp³-hybridized carbons (Fsp3) is 0.125. The van der Waals surface area contributed by atoms with Crippen molar-refractivity contribution < 1.29 is 9.59 Å². The van der Waals surface area contributed by atoms with Crippen LogP contribution in [0, 0.1) is 0 Å². The van der Waals surface area contributed by atoms with Crippen LogP contribution >= 0.6 is 18.3 Å². The second kappa shape index (κ2) is 7.45. The molecule has 1 unspecified atom stereocenters. The maximum absolute atomic E-state index is 12.5. The lowest BCUT2D eigenvalue weighted by Crippen LogP contribution is -2.14. The van der Waals surface area contributed by atoms with Crippen LogP contribution in [0.1, 0.15) is 27.6 Å². The fourth-order valence-corrected chi connectivity index (χ4v) is 2.57. The van der Waals surface area contributed by atoms with E-state index < -0.39 is 0 Å². The molecule has 2 N–H and O–H groups in total. The molecule has 2 aromatic rings. The number of carbonyl (C=O) groups excluding carboxylic acids is 2. The Balaban J connectivity index is 2.34. The third-order valence-electron chi connectivity index (χ3n) is 3.22. The Morgan fingerprint density at radius 3 is 2.30 bits per heavy atom. The number of carbonyl (C=O) groups is 2. The monoisotopic (exact) mass is 345 g/mol. The number of ketones is 1. The van der Waals surface area contributed by atoms with Crippen molar-refractivity contribution in [1.82, 2.24) is 0 Å². The molecule has 0 aliphatic rings. The summed E-state index contributed by atoms with van der Waals surface area (Å²) < 4.78 is 3.87. The van der Waals surface area contributed by atoms with E-state index in [0.29, 0.717) is 22.5 Å². The van der Waals surface area contributed by atoms with Crippen LogP contribution in [0.15, 0.2) is 41.1 Å². The highest BCUT2D eigenvalue weighted by molar-refractivity contribution is 7.27. The van der Waals surface area contributed by atoms with Gasteiger partial charge < -0.3 is 10.6 Å². The van der Waals surface area contributed by atoms with E-state index in [1.165, 1.54) is 6.92 Å². The van der Waals surface area contributed by atoms with E-state index in [1.807, 2.05) is 25.2 Å². The quantitative estimate of drug-likeness (QED) is 0.642. The predicted octanol–water partition coefficient (Wildman–Crippen LogP) is 3.64. The molecule has 0 fully saturated rings. The molecule has 1 amide bonds. The highest BCUT2D eigenvalue weighted by Gasteiger charge is 2.11. The van der Waals surface area contributed by atoms with Gasteiger partial charge in [0.2, 0.25) is 0 Å². The van der Waals surface area contributed by atoms with E-state index in [4.69, 9.17) is 0 Å². The first-order chi connectivity index (χ1) is 10.9. The Kier molecular flexibility index (Phi) is 5.59. The van der Waals surface area contributed by atoms with Gasteiger partial charge in [0.25, 0.3) is 5.91 Å². The lowest BCUT2D eigenvalue weighted by Gasteiger charge is -2.10. The van der Waals surface area contributed by atoms with Gasteiger partial charge in [-0.2, -0.15) is 0 Å². The van der Waals surface area contributed by atoms with Crippen molar-refractivity contribution in [3.8, 4) is 0 Å². The van der Waals surface area contributed by atoms with Crippen LogP contribution in [-0.4, -0.2) is 18.7 Å². The lowest BCUT2D eigenvalue weighted by molar-refractivity contribution is 0.101. The smallest absolute Gasteiger partial charge is 0.255 e. The van der Waals surface area contributed by atoms with Gasteiger partial charge in [-0.25, -0.2) is 4.74 Å². The molecule has 0 aromatic heterocycles. The summed E-state index contributed by atoms with van der Waals surface area (Å²) in [7, 11) is 7.45. The van der Waals surface area contributed by atoms with E-state index in [1.54, 1.807) is 18.2 Å². The van der Waals surface area contributed by atoms with Crippen LogP contribution in [0.3, 0.4) is 0 Å². The SMILES string of the molecule is CNc1cc(P)cc(NC(=O)c2cc(N=P)cc(C(C)=O)c2)c1. The molecule has 0 saturated heterocycles. The Morgan fingerprint density at radius 1 is 1.04 bits per heavy atom. The number of rotatable bonds is 5. The zero-order valence-electron chi connectivity index (χ0n) is 12.8. The van der Waals surface area contributed by atoms with Gasteiger partial charge in [0.1, 0.15) is 0 Å². The molecule has 0 spiro atoms. The van der Waals surface area contributed by atoms with Gasteiger partial charge in [-0.1, -0.05) is 0 Å². The van der Waals surface area contributed by atoms with Crippen LogP contribution in [0.25, 0.3) is 0 Å². The second-order valence-electron chi connectivity index (χ2n) is 4.98. The molecule has 1 atom stereocenters. The first kappa shape index (κ1) is 17.3. The minimum Gasteiger partial charge on any atom is -0.388 e. The van der Waals surface area contributed by atoms with Crippen LogP contribution in [0.5, 0.6) is 0 Å². The molecule has 0 heterocycles. The molecule has 2 rings (SSSR count). The number of Topliss-reactive ketones (excluding diaryl/α,β-unsaturated/α-hetero) is 1. The summed E-state index contributed by atoms with van der Waals surface area (Å²) in [5, 5.41) is 6.81. The zero-order valence-corrected chi connectivity index (χ0v) is 15.0. The van der Waals surface area contributed by atoms with E-state index in [2.05, 4.69) is 33.7 Å². The maximum atomic E-state index is 12.5. The Morgan fingerprint density at radius 2 is 1.70 bits per heavy atom. The van der Waals surface area contributed by atoms with Gasteiger partial charge >= 0.3 is 0 Å². The third kappa shape index (κ3) is 4.44. The van der Waals surface area contributed by atoms with E-state index in [-0.39, 0.29) is 11.7 Å². The van der Waals surface area contributed by atoms with Crippen molar-refractivity contribution in [2.24, 2.45) is 4.74 Å². The Bertz CT molecular complexity index is 791. The van der Waals surface area contributed by atoms with E-state index in [9.17, 15) is 9.59 Å². The average molecular weight is 345 g/mol. The summed E-state index contributed by atoms with van der Waals surface area (Å²) in [5.74, 6) is -0.428.